The molecule has 0 aliphatic rings. The average Bonchev–Trinajstić information content (AvgIpc) is 1.98. The highest BCUT2D eigenvalue weighted by molar-refractivity contribution is 6.03. The van der Waals surface area contributed by atoms with Crippen LogP contribution in [0.25, 0.3) is 0 Å². The summed E-state index contributed by atoms with van der Waals surface area (Å²) in [6.45, 7) is 8.47. The predicted molar refractivity (Wildman–Crippen MR) is 58.8 cm³/mol. The topological polar surface area (TPSA) is 72.5 Å². The lowest BCUT2D eigenvalue weighted by molar-refractivity contribution is -0.129. The molecular formula is C11H19NO4. The van der Waals surface area contributed by atoms with Crippen molar-refractivity contribution in [3.05, 3.63) is 0 Å². The summed E-state index contributed by atoms with van der Waals surface area (Å²) in [4.78, 5) is 33.6. The first kappa shape index (κ1) is 14.6. The minimum atomic E-state index is -0.825. The number of alkyl carbamates (subject to hydrolysis) is 1. The van der Waals surface area contributed by atoms with E-state index in [0.717, 1.165) is 0 Å². The summed E-state index contributed by atoms with van der Waals surface area (Å²) in [5.41, 5.74) is -0.660. The molecule has 16 heavy (non-hydrogen) atoms. The average molecular weight is 229 g/mol. The smallest absolute Gasteiger partial charge is 0.414 e. The molecule has 0 bridgehead atoms. The SMILES string of the molecule is CC(C)C(=O)CC(=O)NC(=O)OC(C)(C)C. The summed E-state index contributed by atoms with van der Waals surface area (Å²) in [7, 11) is 0. The number of carbonyl (C=O) groups is 3. The third-order valence-corrected chi connectivity index (χ3v) is 1.62. The summed E-state index contributed by atoms with van der Waals surface area (Å²) >= 11 is 0. The molecule has 0 radical (unpaired) electrons. The van der Waals surface area contributed by atoms with Gasteiger partial charge in [0, 0.05) is 5.92 Å². The van der Waals surface area contributed by atoms with Crippen LogP contribution in [-0.2, 0) is 14.3 Å². The molecule has 5 heteroatoms. The number of ether oxygens (including phenoxy) is 1. The Morgan fingerprint density at radius 1 is 1.19 bits per heavy atom. The number of hydrogen-bond donors (Lipinski definition) is 1. The lowest BCUT2D eigenvalue weighted by Gasteiger charge is -2.19. The third kappa shape index (κ3) is 6.98. The first-order chi connectivity index (χ1) is 7.11. The summed E-state index contributed by atoms with van der Waals surface area (Å²) in [6, 6.07) is 0. The Morgan fingerprint density at radius 3 is 2.06 bits per heavy atom. The maximum absolute atomic E-state index is 11.2. The van der Waals surface area contributed by atoms with Crippen molar-refractivity contribution >= 4 is 17.8 Å². The van der Waals surface area contributed by atoms with Crippen molar-refractivity contribution in [2.24, 2.45) is 5.92 Å². The molecule has 0 atom stereocenters. The van der Waals surface area contributed by atoms with Crippen LogP contribution in [0.3, 0.4) is 0 Å². The summed E-state index contributed by atoms with van der Waals surface area (Å²) in [5, 5.41) is 2.00. The van der Waals surface area contributed by atoms with E-state index in [0.29, 0.717) is 0 Å². The molecule has 0 fully saturated rings. The van der Waals surface area contributed by atoms with Gasteiger partial charge in [0.15, 0.2) is 0 Å². The van der Waals surface area contributed by atoms with Gasteiger partial charge in [0.05, 0.1) is 6.42 Å². The van der Waals surface area contributed by atoms with E-state index in [4.69, 9.17) is 4.74 Å². The Labute approximate surface area is 95.5 Å². The van der Waals surface area contributed by atoms with Crippen LogP contribution in [-0.4, -0.2) is 23.4 Å². The van der Waals surface area contributed by atoms with Crippen molar-refractivity contribution in [2.45, 2.75) is 46.6 Å². The van der Waals surface area contributed by atoms with E-state index in [1.807, 2.05) is 5.32 Å². The second kappa shape index (κ2) is 5.63. The lowest BCUT2D eigenvalue weighted by Crippen LogP contribution is -2.37. The van der Waals surface area contributed by atoms with Crippen molar-refractivity contribution in [3.63, 3.8) is 0 Å². The standard InChI is InChI=1S/C11H19NO4/c1-7(2)8(13)6-9(14)12-10(15)16-11(3,4)5/h7H,6H2,1-5H3,(H,12,14,15). The molecular weight excluding hydrogens is 210 g/mol. The molecule has 0 rings (SSSR count). The molecule has 0 aliphatic carbocycles. The zero-order chi connectivity index (χ0) is 12.9. The number of rotatable bonds is 3. The number of hydrogen-bond acceptors (Lipinski definition) is 4. The number of ketones is 1. The maximum atomic E-state index is 11.2. The summed E-state index contributed by atoms with van der Waals surface area (Å²) in [6.07, 6.45) is -1.12. The summed E-state index contributed by atoms with van der Waals surface area (Å²) < 4.78 is 4.87. The number of Topliss-reactive ketones (excluding diaryl/α,β-unsaturated/α-hetero) is 1. The van der Waals surface area contributed by atoms with Gasteiger partial charge in [-0.25, -0.2) is 4.79 Å². The van der Waals surface area contributed by atoms with Crippen LogP contribution in [0.1, 0.15) is 41.0 Å². The Morgan fingerprint density at radius 2 is 1.69 bits per heavy atom. The molecule has 5 nitrogen and oxygen atoms in total. The summed E-state index contributed by atoms with van der Waals surface area (Å²) in [5.74, 6) is -1.06. The molecule has 0 aromatic rings. The lowest BCUT2D eigenvalue weighted by atomic mass is 10.1. The number of carbonyl (C=O) groups excluding carboxylic acids is 3. The van der Waals surface area contributed by atoms with E-state index in [9.17, 15) is 14.4 Å². The first-order valence-electron chi connectivity index (χ1n) is 5.17. The van der Waals surface area contributed by atoms with E-state index in [1.54, 1.807) is 34.6 Å². The van der Waals surface area contributed by atoms with E-state index >= 15 is 0 Å². The van der Waals surface area contributed by atoms with Crippen LogP contribution in [0.4, 0.5) is 4.79 Å². The molecule has 0 unspecified atom stereocenters. The largest absolute Gasteiger partial charge is 0.444 e. The van der Waals surface area contributed by atoms with Crippen molar-refractivity contribution < 1.29 is 19.1 Å². The zero-order valence-electron chi connectivity index (χ0n) is 10.4. The normalized spacial score (nSPS) is 11.1. The van der Waals surface area contributed by atoms with Crippen LogP contribution in [0, 0.1) is 5.92 Å². The Bertz CT molecular complexity index is 289. The third-order valence-electron chi connectivity index (χ3n) is 1.62. The van der Waals surface area contributed by atoms with Crippen LogP contribution in [0.15, 0.2) is 0 Å². The fourth-order valence-corrected chi connectivity index (χ4v) is 0.824. The van der Waals surface area contributed by atoms with Crippen molar-refractivity contribution in [1.82, 2.24) is 5.32 Å². The molecule has 0 heterocycles. The quantitative estimate of drug-likeness (QED) is 0.747. The molecule has 0 aliphatic heterocycles. The number of imide groups is 1. The van der Waals surface area contributed by atoms with Crippen molar-refractivity contribution in [3.8, 4) is 0 Å². The minimum absolute atomic E-state index is 0.207. The fourth-order valence-electron chi connectivity index (χ4n) is 0.824. The van der Waals surface area contributed by atoms with Gasteiger partial charge in [0.2, 0.25) is 5.91 Å². The van der Waals surface area contributed by atoms with Crippen LogP contribution < -0.4 is 5.32 Å². The number of amides is 2. The van der Waals surface area contributed by atoms with Gasteiger partial charge in [-0.2, -0.15) is 0 Å². The molecule has 2 amide bonds. The van der Waals surface area contributed by atoms with E-state index in [2.05, 4.69) is 0 Å². The monoisotopic (exact) mass is 229 g/mol. The zero-order valence-corrected chi connectivity index (χ0v) is 10.4. The van der Waals surface area contributed by atoms with Crippen LogP contribution in [0.5, 0.6) is 0 Å². The first-order valence-corrected chi connectivity index (χ1v) is 5.17. The Balaban J connectivity index is 4.07. The van der Waals surface area contributed by atoms with Gasteiger partial charge < -0.3 is 4.74 Å². The van der Waals surface area contributed by atoms with Crippen molar-refractivity contribution in [2.75, 3.05) is 0 Å². The molecule has 1 N–H and O–H groups in total. The molecule has 0 saturated heterocycles. The number of nitrogens with one attached hydrogen (secondary N) is 1. The predicted octanol–water partition coefficient (Wildman–Crippen LogP) is 1.65. The highest BCUT2D eigenvalue weighted by atomic mass is 16.6. The van der Waals surface area contributed by atoms with Crippen molar-refractivity contribution in [1.29, 1.82) is 0 Å². The Kier molecular flexibility index (Phi) is 5.14. The highest BCUT2D eigenvalue weighted by Crippen LogP contribution is 2.06. The maximum Gasteiger partial charge on any atom is 0.414 e. The van der Waals surface area contributed by atoms with E-state index in [-0.39, 0.29) is 18.1 Å². The molecule has 0 aromatic carbocycles. The second-order valence-corrected chi connectivity index (χ2v) is 4.85. The van der Waals surface area contributed by atoms with Gasteiger partial charge in [-0.3, -0.25) is 14.9 Å². The minimum Gasteiger partial charge on any atom is -0.444 e. The van der Waals surface area contributed by atoms with Gasteiger partial charge in [-0.1, -0.05) is 13.8 Å². The Hall–Kier alpha value is -1.39. The van der Waals surface area contributed by atoms with Gasteiger partial charge in [0.25, 0.3) is 0 Å². The molecule has 0 aromatic heterocycles. The van der Waals surface area contributed by atoms with Gasteiger partial charge in [-0.15, -0.1) is 0 Å². The van der Waals surface area contributed by atoms with Crippen LogP contribution >= 0.6 is 0 Å². The van der Waals surface area contributed by atoms with Gasteiger partial charge in [-0.05, 0) is 20.8 Å². The molecule has 0 saturated carbocycles. The highest BCUT2D eigenvalue weighted by Gasteiger charge is 2.20. The fraction of sp³-hybridized carbons (Fsp3) is 0.727. The van der Waals surface area contributed by atoms with Crippen LogP contribution in [0.2, 0.25) is 0 Å². The van der Waals surface area contributed by atoms with Gasteiger partial charge >= 0.3 is 6.09 Å². The molecule has 0 spiro atoms. The van der Waals surface area contributed by atoms with E-state index < -0.39 is 17.6 Å². The second-order valence-electron chi connectivity index (χ2n) is 4.85. The van der Waals surface area contributed by atoms with E-state index in [1.165, 1.54) is 0 Å². The van der Waals surface area contributed by atoms with Gasteiger partial charge in [0.1, 0.15) is 11.4 Å². The molecule has 92 valence electrons.